The van der Waals surface area contributed by atoms with E-state index < -0.39 is 8.32 Å². The van der Waals surface area contributed by atoms with Crippen LogP contribution in [0.25, 0.3) is 0 Å². The SMILES string of the molecule is CCCCCCCC(=O)SCCC[Si](C)(C)OCC. The lowest BCUT2D eigenvalue weighted by Gasteiger charge is -2.21. The van der Waals surface area contributed by atoms with Gasteiger partial charge < -0.3 is 4.43 Å². The average Bonchev–Trinajstić information content (AvgIpc) is 2.34. The lowest BCUT2D eigenvalue weighted by molar-refractivity contribution is -0.111. The van der Waals surface area contributed by atoms with Gasteiger partial charge in [-0.05, 0) is 38.9 Å². The molecule has 0 aromatic rings. The predicted molar refractivity (Wildman–Crippen MR) is 89.4 cm³/mol. The Labute approximate surface area is 125 Å². The minimum atomic E-state index is -1.44. The number of hydrogen-bond acceptors (Lipinski definition) is 3. The molecule has 0 aliphatic heterocycles. The van der Waals surface area contributed by atoms with E-state index in [0.29, 0.717) is 5.12 Å². The number of rotatable bonds is 12. The second-order valence-electron chi connectivity index (χ2n) is 5.68. The van der Waals surface area contributed by atoms with Gasteiger partial charge in [-0.2, -0.15) is 0 Å². The number of carbonyl (C=O) groups is 1. The topological polar surface area (TPSA) is 26.3 Å². The van der Waals surface area contributed by atoms with Crippen molar-refractivity contribution in [3.63, 3.8) is 0 Å². The van der Waals surface area contributed by atoms with Crippen LogP contribution < -0.4 is 0 Å². The number of carbonyl (C=O) groups excluding carboxylic acids is 1. The predicted octanol–water partition coefficient (Wildman–Crippen LogP) is 5.24. The summed E-state index contributed by atoms with van der Waals surface area (Å²) in [6, 6.07) is 1.16. The van der Waals surface area contributed by atoms with Gasteiger partial charge >= 0.3 is 0 Å². The van der Waals surface area contributed by atoms with Crippen LogP contribution in [-0.2, 0) is 9.22 Å². The summed E-state index contributed by atoms with van der Waals surface area (Å²) >= 11 is 1.53. The zero-order valence-electron chi connectivity index (χ0n) is 13.3. The summed E-state index contributed by atoms with van der Waals surface area (Å²) in [6.07, 6.45) is 8.02. The van der Waals surface area contributed by atoms with Crippen LogP contribution in [0, 0.1) is 0 Å². The Balaban J connectivity index is 3.43. The molecule has 19 heavy (non-hydrogen) atoms. The minimum Gasteiger partial charge on any atom is -0.418 e. The molecule has 0 unspecified atom stereocenters. The highest BCUT2D eigenvalue weighted by Crippen LogP contribution is 2.18. The summed E-state index contributed by atoms with van der Waals surface area (Å²) in [6.45, 7) is 9.62. The fourth-order valence-corrected chi connectivity index (χ4v) is 5.11. The van der Waals surface area contributed by atoms with E-state index in [-0.39, 0.29) is 0 Å². The number of unbranched alkanes of at least 4 members (excludes halogenated alkanes) is 4. The molecule has 0 atom stereocenters. The second-order valence-corrected chi connectivity index (χ2v) is 11.1. The van der Waals surface area contributed by atoms with Gasteiger partial charge in [0.15, 0.2) is 13.4 Å². The van der Waals surface area contributed by atoms with Crippen molar-refractivity contribution in [1.82, 2.24) is 0 Å². The Bertz CT molecular complexity index is 232. The van der Waals surface area contributed by atoms with Crippen molar-refractivity contribution >= 4 is 25.2 Å². The zero-order chi connectivity index (χ0) is 14.6. The van der Waals surface area contributed by atoms with Crippen molar-refractivity contribution in [3.05, 3.63) is 0 Å². The van der Waals surface area contributed by atoms with E-state index in [9.17, 15) is 4.79 Å². The van der Waals surface area contributed by atoms with E-state index in [2.05, 4.69) is 26.9 Å². The molecular weight excluding hydrogens is 272 g/mol. The molecule has 2 nitrogen and oxygen atoms in total. The normalized spacial score (nSPS) is 11.8. The van der Waals surface area contributed by atoms with Crippen LogP contribution in [-0.4, -0.2) is 25.8 Å². The maximum absolute atomic E-state index is 11.7. The molecule has 0 spiro atoms. The Morgan fingerprint density at radius 2 is 1.74 bits per heavy atom. The third kappa shape index (κ3) is 13.0. The van der Waals surface area contributed by atoms with Crippen molar-refractivity contribution in [1.29, 1.82) is 0 Å². The second kappa shape index (κ2) is 12.0. The third-order valence-electron chi connectivity index (χ3n) is 3.21. The summed E-state index contributed by atoms with van der Waals surface area (Å²) in [5.41, 5.74) is 0. The van der Waals surface area contributed by atoms with E-state index in [1.807, 2.05) is 0 Å². The standard InChI is InChI=1S/C15H32O2SSi/c1-5-7-8-9-10-12-15(16)18-13-11-14-19(3,4)17-6-2/h5-14H2,1-4H3. The first kappa shape index (κ1) is 19.2. The van der Waals surface area contributed by atoms with Crippen molar-refractivity contribution in [2.24, 2.45) is 0 Å². The molecule has 0 radical (unpaired) electrons. The van der Waals surface area contributed by atoms with E-state index in [0.717, 1.165) is 37.7 Å². The highest BCUT2D eigenvalue weighted by atomic mass is 32.2. The summed E-state index contributed by atoms with van der Waals surface area (Å²) in [5, 5.41) is 0.382. The molecule has 0 fully saturated rings. The van der Waals surface area contributed by atoms with Gasteiger partial charge in [0.25, 0.3) is 0 Å². The largest absolute Gasteiger partial charge is 0.418 e. The minimum absolute atomic E-state index is 0.382. The van der Waals surface area contributed by atoms with Crippen molar-refractivity contribution in [2.75, 3.05) is 12.4 Å². The van der Waals surface area contributed by atoms with E-state index >= 15 is 0 Å². The van der Waals surface area contributed by atoms with E-state index in [1.54, 1.807) is 0 Å². The van der Waals surface area contributed by atoms with Gasteiger partial charge in [-0.1, -0.05) is 44.4 Å². The first-order valence-electron chi connectivity index (χ1n) is 7.81. The van der Waals surface area contributed by atoms with Crippen LogP contribution in [0.5, 0.6) is 0 Å². The smallest absolute Gasteiger partial charge is 0.188 e. The van der Waals surface area contributed by atoms with Gasteiger partial charge in [-0.25, -0.2) is 0 Å². The van der Waals surface area contributed by atoms with Crippen LogP contribution in [0.1, 0.15) is 58.8 Å². The van der Waals surface area contributed by atoms with Gasteiger partial charge in [-0.15, -0.1) is 0 Å². The Hall–Kier alpha value is 0.197. The molecule has 4 heteroatoms. The first-order valence-corrected chi connectivity index (χ1v) is 11.9. The molecule has 0 rings (SSSR count). The maximum Gasteiger partial charge on any atom is 0.188 e. The van der Waals surface area contributed by atoms with Crippen LogP contribution in [0.3, 0.4) is 0 Å². The molecule has 0 saturated heterocycles. The zero-order valence-corrected chi connectivity index (χ0v) is 15.1. The molecule has 0 N–H and O–H groups in total. The third-order valence-corrected chi connectivity index (χ3v) is 6.85. The van der Waals surface area contributed by atoms with Crippen molar-refractivity contribution in [3.8, 4) is 0 Å². The van der Waals surface area contributed by atoms with Crippen LogP contribution in [0.2, 0.25) is 19.1 Å². The molecule has 0 aromatic carbocycles. The number of thioether (sulfide) groups is 1. The van der Waals surface area contributed by atoms with Crippen molar-refractivity contribution < 1.29 is 9.22 Å². The molecule has 0 aliphatic carbocycles. The average molecular weight is 305 g/mol. The molecular formula is C15H32O2SSi. The van der Waals surface area contributed by atoms with E-state index in [4.69, 9.17) is 4.43 Å². The fraction of sp³-hybridized carbons (Fsp3) is 0.933. The van der Waals surface area contributed by atoms with Crippen LogP contribution in [0.4, 0.5) is 0 Å². The molecule has 114 valence electrons. The summed E-state index contributed by atoms with van der Waals surface area (Å²) < 4.78 is 5.78. The molecule has 0 amide bonds. The Kier molecular flexibility index (Phi) is 12.1. The summed E-state index contributed by atoms with van der Waals surface area (Å²) in [5.74, 6) is 0.970. The molecule has 0 bridgehead atoms. The highest BCUT2D eigenvalue weighted by molar-refractivity contribution is 8.13. The maximum atomic E-state index is 11.7. The summed E-state index contributed by atoms with van der Waals surface area (Å²) in [7, 11) is -1.44. The van der Waals surface area contributed by atoms with Gasteiger partial charge in [0, 0.05) is 18.8 Å². The molecule has 0 heterocycles. The first-order chi connectivity index (χ1) is 9.02. The summed E-state index contributed by atoms with van der Waals surface area (Å²) in [4.78, 5) is 11.7. The monoisotopic (exact) mass is 304 g/mol. The quantitative estimate of drug-likeness (QED) is 0.364. The lowest BCUT2D eigenvalue weighted by Crippen LogP contribution is -2.30. The molecule has 0 aromatic heterocycles. The van der Waals surface area contributed by atoms with Gasteiger partial charge in [0.2, 0.25) is 0 Å². The molecule has 0 saturated carbocycles. The fourth-order valence-electron chi connectivity index (χ4n) is 2.09. The Morgan fingerprint density at radius 1 is 1.05 bits per heavy atom. The Morgan fingerprint density at radius 3 is 2.37 bits per heavy atom. The molecule has 0 aliphatic rings. The van der Waals surface area contributed by atoms with E-state index in [1.165, 1.54) is 37.4 Å². The van der Waals surface area contributed by atoms with Gasteiger partial charge in [-0.3, -0.25) is 4.79 Å². The van der Waals surface area contributed by atoms with Crippen LogP contribution in [0.15, 0.2) is 0 Å². The number of hydrogen-bond donors (Lipinski definition) is 0. The van der Waals surface area contributed by atoms with Gasteiger partial charge in [0.1, 0.15) is 0 Å². The van der Waals surface area contributed by atoms with Crippen LogP contribution >= 0.6 is 11.8 Å². The highest BCUT2D eigenvalue weighted by Gasteiger charge is 2.20. The lowest BCUT2D eigenvalue weighted by atomic mass is 10.1. The van der Waals surface area contributed by atoms with Crippen molar-refractivity contribution in [2.45, 2.75) is 77.9 Å². The van der Waals surface area contributed by atoms with Gasteiger partial charge in [0.05, 0.1) is 0 Å².